The van der Waals surface area contributed by atoms with E-state index in [1.807, 2.05) is 0 Å². The minimum absolute atomic E-state index is 0.102. The first-order valence-electron chi connectivity index (χ1n) is 40.6. The highest BCUT2D eigenvalue weighted by Gasteiger charge is 2.30. The lowest BCUT2D eigenvalue weighted by Crippen LogP contribution is -2.30. The average Bonchev–Trinajstić information content (AvgIpc) is 1.04. The molecule has 0 aromatic carbocycles. The predicted molar refractivity (Wildman–Crippen MR) is 400 cm³/mol. The molecule has 0 spiro atoms. The summed E-state index contributed by atoms with van der Waals surface area (Å²) in [5.74, 6) is -2.13. The van der Waals surface area contributed by atoms with Crippen molar-refractivity contribution in [2.24, 2.45) is 0 Å². The van der Waals surface area contributed by atoms with Crippen molar-refractivity contribution in [2.45, 2.75) is 418 Å². The summed E-state index contributed by atoms with van der Waals surface area (Å²) in [6, 6.07) is 0. The Morgan fingerprint density at radius 2 is 0.500 bits per heavy atom. The Kier molecular flexibility index (Phi) is 71.0. The van der Waals surface area contributed by atoms with Crippen LogP contribution in [0.1, 0.15) is 400 Å². The van der Waals surface area contributed by atoms with Gasteiger partial charge in [-0.3, -0.25) is 37.3 Å². The summed E-state index contributed by atoms with van der Waals surface area (Å²) < 4.78 is 68.6. The lowest BCUT2D eigenvalue weighted by atomic mass is 10.0. The van der Waals surface area contributed by atoms with Gasteiger partial charge in [-0.1, -0.05) is 341 Å². The molecular formula is C79H150O17P2. The first-order valence-corrected chi connectivity index (χ1v) is 43.6. The van der Waals surface area contributed by atoms with Gasteiger partial charge in [-0.05, 0) is 57.8 Å². The van der Waals surface area contributed by atoms with E-state index in [-0.39, 0.29) is 25.7 Å². The van der Waals surface area contributed by atoms with Gasteiger partial charge < -0.3 is 33.8 Å². The van der Waals surface area contributed by atoms with Crippen molar-refractivity contribution in [3.05, 3.63) is 24.3 Å². The maximum absolute atomic E-state index is 13.1. The number of hydrogen-bond acceptors (Lipinski definition) is 15. The molecule has 0 aliphatic rings. The molecule has 0 heterocycles. The lowest BCUT2D eigenvalue weighted by Gasteiger charge is -2.21. The van der Waals surface area contributed by atoms with E-state index in [1.54, 1.807) is 0 Å². The molecule has 98 heavy (non-hydrogen) atoms. The highest BCUT2D eigenvalue weighted by molar-refractivity contribution is 7.47. The van der Waals surface area contributed by atoms with Crippen molar-refractivity contribution >= 4 is 39.5 Å². The number of unbranched alkanes of at least 4 members (excludes halogenated alkanes) is 48. The molecule has 3 N–H and O–H groups in total. The van der Waals surface area contributed by atoms with Crippen molar-refractivity contribution in [2.75, 3.05) is 39.6 Å². The summed E-state index contributed by atoms with van der Waals surface area (Å²) >= 11 is 0. The summed E-state index contributed by atoms with van der Waals surface area (Å²) in [5.41, 5.74) is 0. The van der Waals surface area contributed by atoms with E-state index in [0.29, 0.717) is 25.7 Å². The van der Waals surface area contributed by atoms with Crippen LogP contribution in [0.25, 0.3) is 0 Å². The van der Waals surface area contributed by atoms with Gasteiger partial charge in [-0.2, -0.15) is 0 Å². The third-order valence-corrected chi connectivity index (χ3v) is 19.9. The number of hydrogen-bond donors (Lipinski definition) is 3. The minimum Gasteiger partial charge on any atom is -0.462 e. The Morgan fingerprint density at radius 3 is 0.776 bits per heavy atom. The molecule has 19 heteroatoms. The fraction of sp³-hybridized carbons (Fsp3) is 0.899. The quantitative estimate of drug-likeness (QED) is 0.0169. The molecular weight excluding hydrogens is 1280 g/mol. The number of aliphatic hydroxyl groups is 1. The normalized spacial score (nSPS) is 14.0. The van der Waals surface area contributed by atoms with Gasteiger partial charge in [0.25, 0.3) is 0 Å². The monoisotopic (exact) mass is 1430 g/mol. The van der Waals surface area contributed by atoms with Crippen molar-refractivity contribution in [1.82, 2.24) is 0 Å². The van der Waals surface area contributed by atoms with E-state index >= 15 is 0 Å². The van der Waals surface area contributed by atoms with E-state index in [0.717, 1.165) is 116 Å². The van der Waals surface area contributed by atoms with E-state index in [2.05, 4.69) is 52.0 Å². The molecule has 0 aromatic heterocycles. The molecule has 0 radical (unpaired) electrons. The third-order valence-electron chi connectivity index (χ3n) is 17.9. The van der Waals surface area contributed by atoms with Crippen LogP contribution in [-0.4, -0.2) is 96.7 Å². The molecule has 0 saturated carbocycles. The van der Waals surface area contributed by atoms with Crippen molar-refractivity contribution < 1.29 is 80.2 Å². The summed E-state index contributed by atoms with van der Waals surface area (Å²) in [5, 5.41) is 10.6. The minimum atomic E-state index is -4.96. The Balaban J connectivity index is 5.29. The second kappa shape index (κ2) is 72.9. The van der Waals surface area contributed by atoms with Crippen LogP contribution in [0.15, 0.2) is 24.3 Å². The summed E-state index contributed by atoms with van der Waals surface area (Å²) in [7, 11) is -9.93. The van der Waals surface area contributed by atoms with E-state index in [9.17, 15) is 43.2 Å². The number of ether oxygens (including phenoxy) is 4. The molecule has 17 nitrogen and oxygen atoms in total. The molecule has 0 saturated heterocycles. The van der Waals surface area contributed by atoms with Crippen molar-refractivity contribution in [3.8, 4) is 0 Å². The number of allylic oxidation sites excluding steroid dienone is 4. The van der Waals surface area contributed by atoms with Gasteiger partial charge in [0, 0.05) is 25.7 Å². The molecule has 0 aliphatic heterocycles. The zero-order chi connectivity index (χ0) is 71.8. The van der Waals surface area contributed by atoms with Gasteiger partial charge in [-0.25, -0.2) is 9.13 Å². The number of carbonyl (C=O) groups excluding carboxylic acids is 4. The average molecular weight is 1430 g/mol. The Morgan fingerprint density at radius 1 is 0.286 bits per heavy atom. The van der Waals surface area contributed by atoms with Crippen molar-refractivity contribution in [1.29, 1.82) is 0 Å². The van der Waals surface area contributed by atoms with Gasteiger partial charge >= 0.3 is 39.5 Å². The van der Waals surface area contributed by atoms with Crippen LogP contribution in [0.5, 0.6) is 0 Å². The number of phosphoric acid groups is 2. The van der Waals surface area contributed by atoms with Crippen LogP contribution in [0.2, 0.25) is 0 Å². The summed E-state index contributed by atoms with van der Waals surface area (Å²) in [4.78, 5) is 73.0. The number of phosphoric ester groups is 2. The van der Waals surface area contributed by atoms with Crippen LogP contribution in [0.4, 0.5) is 0 Å². The predicted octanol–water partition coefficient (Wildman–Crippen LogP) is 23.3. The molecule has 0 rings (SSSR count). The van der Waals surface area contributed by atoms with Crippen LogP contribution < -0.4 is 0 Å². The largest absolute Gasteiger partial charge is 0.472 e. The summed E-state index contributed by atoms with van der Waals surface area (Å²) in [6.45, 7) is 4.95. The van der Waals surface area contributed by atoms with E-state index in [1.165, 1.54) is 205 Å². The Labute approximate surface area is 599 Å². The lowest BCUT2D eigenvalue weighted by molar-refractivity contribution is -0.161. The smallest absolute Gasteiger partial charge is 0.462 e. The Bertz CT molecular complexity index is 1950. The number of carbonyl (C=O) groups is 4. The number of aliphatic hydroxyl groups excluding tert-OH is 1. The maximum Gasteiger partial charge on any atom is 0.472 e. The molecule has 0 fully saturated rings. The van der Waals surface area contributed by atoms with Gasteiger partial charge in [0.05, 0.1) is 26.4 Å². The molecule has 0 bridgehead atoms. The fourth-order valence-electron chi connectivity index (χ4n) is 11.7. The fourth-order valence-corrected chi connectivity index (χ4v) is 13.3. The second-order valence-corrected chi connectivity index (χ2v) is 30.6. The third kappa shape index (κ3) is 71.9. The summed E-state index contributed by atoms with van der Waals surface area (Å²) in [6.07, 6.45) is 67.2. The number of rotatable bonds is 78. The maximum atomic E-state index is 13.1. The van der Waals surface area contributed by atoms with Crippen molar-refractivity contribution in [3.63, 3.8) is 0 Å². The first kappa shape index (κ1) is 95.5. The SMILES string of the molecule is CCCCC/C=C\C/C=C\CCCCCCCC(=O)OC[C@H](COP(=O)(O)OC[C@H](O)COP(=O)(O)OC[C@@H](COC(=O)CCCCCCCCCCCCCCCCC)OC(=O)CCCCCCCCCCCCCCC)OC(=O)CCCCCCCCCCCCCCCCC. The highest BCUT2D eigenvalue weighted by atomic mass is 31.2. The first-order chi connectivity index (χ1) is 47.7. The Hall–Kier alpha value is -2.46. The molecule has 0 amide bonds. The highest BCUT2D eigenvalue weighted by Crippen LogP contribution is 2.45. The van der Waals surface area contributed by atoms with Gasteiger partial charge in [0.2, 0.25) is 0 Å². The molecule has 2 unspecified atom stereocenters. The standard InChI is InChI=1S/C79H150O17P2/c1-5-9-13-17-21-25-29-33-36-40-43-47-51-55-59-63-76(81)89-69-74(95-78(83)65-61-57-53-49-45-39-32-28-24-20-16-12-8-4)71-93-97(85,86)91-67-73(80)68-92-98(87,88)94-72-75(96-79(84)66-62-58-54-50-46-42-38-35-31-27-23-19-15-11-7-3)70-90-77(82)64-60-56-52-48-44-41-37-34-30-26-22-18-14-10-6-2/h22,26,34,37,73-75,80H,5-21,23-25,27-33,35-36,38-72H2,1-4H3,(H,85,86)(H,87,88)/b26-22-,37-34-/t73-,74-,75-/m1/s1. The van der Waals surface area contributed by atoms with Crippen LogP contribution in [0.3, 0.4) is 0 Å². The zero-order valence-electron chi connectivity index (χ0n) is 63.2. The number of esters is 4. The molecule has 5 atom stereocenters. The van der Waals surface area contributed by atoms with Crippen LogP contribution >= 0.6 is 15.6 Å². The van der Waals surface area contributed by atoms with E-state index < -0.39 is 97.5 Å². The molecule has 0 aliphatic carbocycles. The van der Waals surface area contributed by atoms with Crippen LogP contribution in [0, 0.1) is 0 Å². The van der Waals surface area contributed by atoms with Gasteiger partial charge in [0.15, 0.2) is 12.2 Å². The molecule has 0 aromatic rings. The molecule has 578 valence electrons. The van der Waals surface area contributed by atoms with E-state index in [4.69, 9.17) is 37.0 Å². The van der Waals surface area contributed by atoms with Gasteiger partial charge in [-0.15, -0.1) is 0 Å². The van der Waals surface area contributed by atoms with Crippen LogP contribution in [-0.2, 0) is 65.4 Å². The topological polar surface area (TPSA) is 237 Å². The second-order valence-electron chi connectivity index (χ2n) is 27.7. The van der Waals surface area contributed by atoms with Gasteiger partial charge in [0.1, 0.15) is 19.3 Å². The zero-order valence-corrected chi connectivity index (χ0v) is 65.0.